The van der Waals surface area contributed by atoms with Gasteiger partial charge in [0.1, 0.15) is 11.3 Å². The van der Waals surface area contributed by atoms with Gasteiger partial charge < -0.3 is 15.8 Å². The Labute approximate surface area is 133 Å². The first-order valence-corrected chi connectivity index (χ1v) is 7.31. The Bertz CT molecular complexity index is 639. The molecule has 0 heterocycles. The van der Waals surface area contributed by atoms with Crippen molar-refractivity contribution in [3.63, 3.8) is 0 Å². The number of para-hydroxylation sites is 1. The lowest BCUT2D eigenvalue weighted by molar-refractivity contribution is 0.102. The van der Waals surface area contributed by atoms with E-state index in [1.54, 1.807) is 18.2 Å². The number of amides is 1. The third-order valence-electron chi connectivity index (χ3n) is 2.71. The van der Waals surface area contributed by atoms with Gasteiger partial charge in [0.25, 0.3) is 5.91 Å². The number of hydrogen-bond donors (Lipinski definition) is 2. The highest BCUT2D eigenvalue weighted by atomic mass is 79.9. The summed E-state index contributed by atoms with van der Waals surface area (Å²) in [5, 5.41) is 2.82. The van der Waals surface area contributed by atoms with E-state index in [9.17, 15) is 4.79 Å². The Hall–Kier alpha value is -1.53. The van der Waals surface area contributed by atoms with Gasteiger partial charge in [-0.3, -0.25) is 4.79 Å². The maximum atomic E-state index is 12.4. The molecule has 104 valence electrons. The number of carbonyl (C=O) groups excluding carboxylic acids is 1. The van der Waals surface area contributed by atoms with Crippen molar-refractivity contribution in [2.24, 2.45) is 0 Å². The van der Waals surface area contributed by atoms with Crippen LogP contribution in [0, 0.1) is 0 Å². The molecule has 20 heavy (non-hydrogen) atoms. The smallest absolute Gasteiger partial charge is 0.261 e. The zero-order valence-electron chi connectivity index (χ0n) is 10.6. The first-order valence-electron chi connectivity index (χ1n) is 5.72. The summed E-state index contributed by atoms with van der Waals surface area (Å²) in [6.07, 6.45) is 0. The number of hydrogen-bond acceptors (Lipinski definition) is 3. The lowest BCUT2D eigenvalue weighted by Gasteiger charge is -2.13. The molecule has 0 unspecified atom stereocenters. The van der Waals surface area contributed by atoms with E-state index < -0.39 is 0 Å². The summed E-state index contributed by atoms with van der Waals surface area (Å²) in [5.74, 6) is 0.109. The molecule has 0 aliphatic heterocycles. The molecule has 3 N–H and O–H groups in total. The predicted octanol–water partition coefficient (Wildman–Crippen LogP) is 4.05. The quantitative estimate of drug-likeness (QED) is 0.765. The predicted molar refractivity (Wildman–Crippen MR) is 87.2 cm³/mol. The molecule has 2 aromatic carbocycles. The normalized spacial score (nSPS) is 10.2. The Kier molecular flexibility index (Phi) is 4.67. The molecule has 0 bridgehead atoms. The highest BCUT2D eigenvalue weighted by Gasteiger charge is 2.17. The van der Waals surface area contributed by atoms with E-state index in [0.29, 0.717) is 22.7 Å². The van der Waals surface area contributed by atoms with Gasteiger partial charge in [-0.05, 0) is 56.1 Å². The van der Waals surface area contributed by atoms with Crippen molar-refractivity contribution in [2.75, 3.05) is 18.2 Å². The number of carbonyl (C=O) groups is 1. The lowest BCUT2D eigenvalue weighted by Crippen LogP contribution is -2.16. The van der Waals surface area contributed by atoms with Crippen LogP contribution in [0.4, 0.5) is 11.4 Å². The summed E-state index contributed by atoms with van der Waals surface area (Å²) in [4.78, 5) is 12.4. The largest absolute Gasteiger partial charge is 0.496 e. The number of methoxy groups -OCH3 is 1. The van der Waals surface area contributed by atoms with Gasteiger partial charge in [0, 0.05) is 14.6 Å². The molecule has 0 fully saturated rings. The summed E-state index contributed by atoms with van der Waals surface area (Å²) in [5.41, 5.74) is 7.19. The zero-order valence-corrected chi connectivity index (χ0v) is 13.8. The number of nitrogens with two attached hydrogens (primary N) is 1. The molecule has 2 rings (SSSR count). The molecule has 0 saturated carbocycles. The van der Waals surface area contributed by atoms with Crippen LogP contribution in [0.15, 0.2) is 45.3 Å². The van der Waals surface area contributed by atoms with Crippen molar-refractivity contribution in [3.8, 4) is 5.75 Å². The maximum Gasteiger partial charge on any atom is 0.261 e. The summed E-state index contributed by atoms with van der Waals surface area (Å²) in [7, 11) is 1.50. The average Bonchev–Trinajstić information content (AvgIpc) is 2.42. The van der Waals surface area contributed by atoms with Crippen molar-refractivity contribution in [2.45, 2.75) is 0 Å². The Morgan fingerprint density at radius 3 is 2.35 bits per heavy atom. The van der Waals surface area contributed by atoms with Gasteiger partial charge in [-0.2, -0.15) is 0 Å². The van der Waals surface area contributed by atoms with Crippen LogP contribution in [0.5, 0.6) is 5.75 Å². The van der Waals surface area contributed by atoms with Crippen LogP contribution >= 0.6 is 31.9 Å². The van der Waals surface area contributed by atoms with Crippen LogP contribution < -0.4 is 15.8 Å². The Morgan fingerprint density at radius 1 is 1.15 bits per heavy atom. The van der Waals surface area contributed by atoms with Crippen molar-refractivity contribution in [1.29, 1.82) is 0 Å². The highest BCUT2D eigenvalue weighted by Crippen LogP contribution is 2.32. The lowest BCUT2D eigenvalue weighted by atomic mass is 10.1. The maximum absolute atomic E-state index is 12.4. The van der Waals surface area contributed by atoms with Gasteiger partial charge in [0.15, 0.2) is 0 Å². The van der Waals surface area contributed by atoms with Crippen LogP contribution in [0.2, 0.25) is 0 Å². The molecule has 0 saturated heterocycles. The number of nitrogens with one attached hydrogen (secondary N) is 1. The number of benzene rings is 2. The third kappa shape index (κ3) is 2.96. The molecule has 2 aromatic rings. The monoisotopic (exact) mass is 398 g/mol. The van der Waals surface area contributed by atoms with E-state index in [0.717, 1.165) is 8.95 Å². The second kappa shape index (κ2) is 6.28. The number of rotatable bonds is 3. The minimum absolute atomic E-state index is 0.317. The minimum atomic E-state index is -0.326. The van der Waals surface area contributed by atoms with Crippen LogP contribution in [0.25, 0.3) is 0 Å². The molecule has 0 aliphatic carbocycles. The van der Waals surface area contributed by atoms with Gasteiger partial charge in [0.2, 0.25) is 0 Å². The summed E-state index contributed by atoms with van der Waals surface area (Å²) >= 11 is 6.79. The molecule has 0 aliphatic rings. The minimum Gasteiger partial charge on any atom is -0.496 e. The van der Waals surface area contributed by atoms with E-state index in [1.165, 1.54) is 7.11 Å². The highest BCUT2D eigenvalue weighted by molar-refractivity contribution is 9.11. The third-order valence-corrected chi connectivity index (χ3v) is 4.03. The average molecular weight is 400 g/mol. The Balaban J connectivity index is 2.39. The van der Waals surface area contributed by atoms with E-state index in [4.69, 9.17) is 10.5 Å². The second-order valence-corrected chi connectivity index (χ2v) is 5.68. The van der Waals surface area contributed by atoms with E-state index in [2.05, 4.69) is 37.2 Å². The van der Waals surface area contributed by atoms with Gasteiger partial charge in [0.05, 0.1) is 12.8 Å². The van der Waals surface area contributed by atoms with E-state index >= 15 is 0 Å². The standard InChI is InChI=1S/C14H12Br2N2O2/c1-20-11-7-3-6-10(17)12(11)14(19)18-13-8(15)4-2-5-9(13)16/h2-7H,17H2,1H3,(H,18,19). The number of anilines is 2. The molecule has 1 amide bonds. The van der Waals surface area contributed by atoms with Crippen molar-refractivity contribution >= 4 is 49.1 Å². The van der Waals surface area contributed by atoms with Gasteiger partial charge in [-0.1, -0.05) is 12.1 Å². The second-order valence-electron chi connectivity index (χ2n) is 3.98. The molecule has 6 heteroatoms. The SMILES string of the molecule is COc1cccc(N)c1C(=O)Nc1c(Br)cccc1Br. The first kappa shape index (κ1) is 14.9. The summed E-state index contributed by atoms with van der Waals surface area (Å²) in [6, 6.07) is 10.6. The van der Waals surface area contributed by atoms with Crippen LogP contribution in [0.1, 0.15) is 10.4 Å². The number of ether oxygens (including phenoxy) is 1. The topological polar surface area (TPSA) is 64.3 Å². The number of halogens is 2. The zero-order chi connectivity index (χ0) is 14.7. The fourth-order valence-corrected chi connectivity index (χ4v) is 2.95. The van der Waals surface area contributed by atoms with Gasteiger partial charge in [-0.25, -0.2) is 0 Å². The molecule has 0 radical (unpaired) electrons. The van der Waals surface area contributed by atoms with Gasteiger partial charge >= 0.3 is 0 Å². The fraction of sp³-hybridized carbons (Fsp3) is 0.0714. The molecule has 0 aromatic heterocycles. The first-order chi connectivity index (χ1) is 9.54. The summed E-state index contributed by atoms with van der Waals surface area (Å²) < 4.78 is 6.73. The molecular weight excluding hydrogens is 388 g/mol. The van der Waals surface area contributed by atoms with Crippen LogP contribution in [-0.4, -0.2) is 13.0 Å². The van der Waals surface area contributed by atoms with Crippen LogP contribution in [0.3, 0.4) is 0 Å². The molecular formula is C14H12Br2N2O2. The van der Waals surface area contributed by atoms with E-state index in [1.807, 2.05) is 18.2 Å². The van der Waals surface area contributed by atoms with Gasteiger partial charge in [-0.15, -0.1) is 0 Å². The van der Waals surface area contributed by atoms with Crippen molar-refractivity contribution in [1.82, 2.24) is 0 Å². The van der Waals surface area contributed by atoms with Crippen LogP contribution in [-0.2, 0) is 0 Å². The molecule has 0 spiro atoms. The van der Waals surface area contributed by atoms with Crippen molar-refractivity contribution < 1.29 is 9.53 Å². The van der Waals surface area contributed by atoms with Crippen molar-refractivity contribution in [3.05, 3.63) is 50.9 Å². The fourth-order valence-electron chi connectivity index (χ4n) is 1.75. The number of nitrogen functional groups attached to an aromatic ring is 1. The molecule has 0 atom stereocenters. The van der Waals surface area contributed by atoms with E-state index in [-0.39, 0.29) is 5.91 Å². The summed E-state index contributed by atoms with van der Waals surface area (Å²) in [6.45, 7) is 0. The molecule has 4 nitrogen and oxygen atoms in total. The Morgan fingerprint density at radius 2 is 1.75 bits per heavy atom.